The van der Waals surface area contributed by atoms with Gasteiger partial charge >= 0.3 is 12.2 Å². The largest absolute Gasteiger partial charge is 0.449 e. The van der Waals surface area contributed by atoms with Crippen LogP contribution in [0.3, 0.4) is 0 Å². The van der Waals surface area contributed by atoms with Gasteiger partial charge in [0.1, 0.15) is 5.60 Å². The highest BCUT2D eigenvalue weighted by atomic mass is 16.6. The first-order chi connectivity index (χ1) is 20.6. The molecule has 11 nitrogen and oxygen atoms in total. The Morgan fingerprint density at radius 2 is 1.72 bits per heavy atom. The lowest BCUT2D eigenvalue weighted by atomic mass is 9.97. The first-order valence-corrected chi connectivity index (χ1v) is 14.2. The van der Waals surface area contributed by atoms with Crippen molar-refractivity contribution < 1.29 is 23.9 Å². The monoisotopic (exact) mass is 584 g/mol. The van der Waals surface area contributed by atoms with Gasteiger partial charge in [-0.1, -0.05) is 6.07 Å². The molecule has 5 rings (SSSR count). The minimum absolute atomic E-state index is 0.208. The SMILES string of the molecule is CC(C)(C)OC(=O)n1ccc2ccc(NC(=O)c3ccc(N)cc3NC(=O)OCC3CCN(c4ccncc4)CC3)cc21. The van der Waals surface area contributed by atoms with E-state index in [-0.39, 0.29) is 23.8 Å². The normalized spacial score (nSPS) is 13.9. The standard InChI is InChI=1S/C32H36N6O5/c1-32(2,3)43-31(41)38-17-12-22-4-6-24(19-28(22)38)35-29(39)26-7-5-23(33)18-27(26)36-30(40)42-20-21-10-15-37(16-11-21)25-8-13-34-14-9-25/h4-9,12-14,17-19,21H,10-11,15-16,20,33H2,1-3H3,(H,35,39)(H,36,40). The first kappa shape index (κ1) is 29.4. The van der Waals surface area contributed by atoms with E-state index in [2.05, 4.69) is 20.5 Å². The van der Waals surface area contributed by atoms with Crippen LogP contribution >= 0.6 is 0 Å². The van der Waals surface area contributed by atoms with Gasteiger partial charge in [0.05, 0.1) is 23.4 Å². The van der Waals surface area contributed by atoms with Gasteiger partial charge in [0.25, 0.3) is 5.91 Å². The number of nitrogens with one attached hydrogen (secondary N) is 2. The highest BCUT2D eigenvalue weighted by Gasteiger charge is 2.22. The topological polar surface area (TPSA) is 141 Å². The Labute approximate surface area is 250 Å². The van der Waals surface area contributed by atoms with Crippen LogP contribution in [-0.2, 0) is 9.47 Å². The third kappa shape index (κ3) is 7.42. The minimum Gasteiger partial charge on any atom is -0.449 e. The van der Waals surface area contributed by atoms with Gasteiger partial charge < -0.3 is 25.4 Å². The number of nitrogen functional groups attached to an aromatic ring is 1. The Morgan fingerprint density at radius 3 is 2.44 bits per heavy atom. The van der Waals surface area contributed by atoms with Crippen LogP contribution in [0.4, 0.5) is 32.3 Å². The van der Waals surface area contributed by atoms with Crippen LogP contribution in [0.15, 0.2) is 73.2 Å². The molecule has 0 atom stereocenters. The fourth-order valence-electron chi connectivity index (χ4n) is 4.99. The number of nitrogens with zero attached hydrogens (tertiary/aromatic N) is 3. The molecule has 4 aromatic rings. The van der Waals surface area contributed by atoms with E-state index in [1.165, 1.54) is 16.7 Å². The van der Waals surface area contributed by atoms with Crippen LogP contribution in [-0.4, -0.2) is 52.9 Å². The molecule has 2 amide bonds. The number of anilines is 4. The fraction of sp³-hybridized carbons (Fsp3) is 0.312. The number of piperidine rings is 1. The predicted octanol–water partition coefficient (Wildman–Crippen LogP) is 6.12. The first-order valence-electron chi connectivity index (χ1n) is 14.2. The quantitative estimate of drug-likeness (QED) is 0.230. The Balaban J connectivity index is 1.21. The van der Waals surface area contributed by atoms with E-state index in [9.17, 15) is 14.4 Å². The molecule has 43 heavy (non-hydrogen) atoms. The van der Waals surface area contributed by atoms with Crippen LogP contribution < -0.4 is 21.3 Å². The van der Waals surface area contributed by atoms with Crippen LogP contribution in [0.1, 0.15) is 44.0 Å². The second-order valence-electron chi connectivity index (χ2n) is 11.6. The van der Waals surface area contributed by atoms with Crippen LogP contribution in [0.25, 0.3) is 10.9 Å². The lowest BCUT2D eigenvalue weighted by Crippen LogP contribution is -2.35. The number of carbonyl (C=O) groups is 3. The molecule has 1 saturated heterocycles. The molecule has 2 aromatic carbocycles. The van der Waals surface area contributed by atoms with Gasteiger partial charge in [-0.05, 0) is 88.1 Å². The average molecular weight is 585 g/mol. The maximum absolute atomic E-state index is 13.3. The van der Waals surface area contributed by atoms with Crippen molar-refractivity contribution in [1.82, 2.24) is 9.55 Å². The molecule has 0 unspecified atom stereocenters. The summed E-state index contributed by atoms with van der Waals surface area (Å²) >= 11 is 0. The lowest BCUT2D eigenvalue weighted by molar-refractivity contribution is 0.0544. The molecular formula is C32H36N6O5. The van der Waals surface area contributed by atoms with Crippen molar-refractivity contribution in [3.8, 4) is 0 Å². The van der Waals surface area contributed by atoms with E-state index >= 15 is 0 Å². The minimum atomic E-state index is -0.659. The number of benzene rings is 2. The Bertz CT molecular complexity index is 1620. The molecule has 0 radical (unpaired) electrons. The van der Waals surface area contributed by atoms with Crippen molar-refractivity contribution in [2.75, 3.05) is 41.0 Å². The van der Waals surface area contributed by atoms with Gasteiger partial charge in [-0.3, -0.25) is 19.7 Å². The molecule has 11 heteroatoms. The Morgan fingerprint density at radius 1 is 0.977 bits per heavy atom. The van der Waals surface area contributed by atoms with Crippen molar-refractivity contribution in [2.24, 2.45) is 5.92 Å². The molecule has 1 aliphatic heterocycles. The molecule has 0 spiro atoms. The van der Waals surface area contributed by atoms with E-state index < -0.39 is 23.7 Å². The summed E-state index contributed by atoms with van der Waals surface area (Å²) in [6.45, 7) is 7.40. The van der Waals surface area contributed by atoms with Crippen LogP contribution in [0.2, 0.25) is 0 Å². The summed E-state index contributed by atoms with van der Waals surface area (Å²) in [5.74, 6) is -0.226. The number of hydrogen-bond acceptors (Lipinski definition) is 8. The fourth-order valence-corrected chi connectivity index (χ4v) is 4.99. The molecular weight excluding hydrogens is 548 g/mol. The third-order valence-electron chi connectivity index (χ3n) is 7.16. The van der Waals surface area contributed by atoms with Gasteiger partial charge in [-0.15, -0.1) is 0 Å². The molecule has 0 saturated carbocycles. The number of ether oxygens (including phenoxy) is 2. The van der Waals surface area contributed by atoms with E-state index in [0.717, 1.165) is 37.0 Å². The number of amides is 2. The molecule has 224 valence electrons. The van der Waals surface area contributed by atoms with Crippen molar-refractivity contribution >= 4 is 51.7 Å². The van der Waals surface area contributed by atoms with Crippen LogP contribution in [0, 0.1) is 5.92 Å². The second-order valence-corrected chi connectivity index (χ2v) is 11.6. The van der Waals surface area contributed by atoms with Crippen molar-refractivity contribution in [3.05, 3.63) is 78.8 Å². The number of pyridine rings is 1. The van der Waals surface area contributed by atoms with Crippen LogP contribution in [0.5, 0.6) is 0 Å². The van der Waals surface area contributed by atoms with Gasteiger partial charge in [-0.2, -0.15) is 0 Å². The van der Waals surface area contributed by atoms with E-state index in [1.807, 2.05) is 12.1 Å². The van der Waals surface area contributed by atoms with Gasteiger partial charge in [-0.25, -0.2) is 9.59 Å². The summed E-state index contributed by atoms with van der Waals surface area (Å²) in [5, 5.41) is 6.33. The van der Waals surface area contributed by atoms with Gasteiger partial charge in [0.15, 0.2) is 0 Å². The Hall–Kier alpha value is -5.06. The molecule has 1 aliphatic rings. The summed E-state index contributed by atoms with van der Waals surface area (Å²) in [6.07, 6.45) is 5.79. The molecule has 1 fully saturated rings. The maximum atomic E-state index is 13.3. The number of carbonyl (C=O) groups excluding carboxylic acids is 3. The van der Waals surface area contributed by atoms with E-state index in [1.54, 1.807) is 69.7 Å². The smallest absolute Gasteiger partial charge is 0.418 e. The zero-order chi connectivity index (χ0) is 30.6. The number of rotatable bonds is 6. The summed E-state index contributed by atoms with van der Waals surface area (Å²) in [4.78, 5) is 45.1. The lowest BCUT2D eigenvalue weighted by Gasteiger charge is -2.33. The van der Waals surface area contributed by atoms with E-state index in [4.69, 9.17) is 15.2 Å². The molecule has 0 aliphatic carbocycles. The molecule has 4 N–H and O–H groups in total. The molecule has 0 bridgehead atoms. The van der Waals surface area contributed by atoms with Crippen molar-refractivity contribution in [1.29, 1.82) is 0 Å². The summed E-state index contributed by atoms with van der Waals surface area (Å²) in [5.41, 5.74) is 8.31. The van der Waals surface area contributed by atoms with E-state index in [0.29, 0.717) is 16.9 Å². The molecule has 2 aromatic heterocycles. The van der Waals surface area contributed by atoms with Gasteiger partial charge in [0, 0.05) is 54.1 Å². The maximum Gasteiger partial charge on any atom is 0.418 e. The zero-order valence-electron chi connectivity index (χ0n) is 24.5. The van der Waals surface area contributed by atoms with Crippen molar-refractivity contribution in [2.45, 2.75) is 39.2 Å². The predicted molar refractivity (Wildman–Crippen MR) is 167 cm³/mol. The second kappa shape index (κ2) is 12.4. The Kier molecular flexibility index (Phi) is 8.51. The highest BCUT2D eigenvalue weighted by Crippen LogP contribution is 2.26. The average Bonchev–Trinajstić information content (AvgIpc) is 3.39. The summed E-state index contributed by atoms with van der Waals surface area (Å²) in [6, 6.07) is 15.6. The number of aromatic nitrogens is 2. The van der Waals surface area contributed by atoms with Gasteiger partial charge in [0.2, 0.25) is 0 Å². The highest BCUT2D eigenvalue weighted by molar-refractivity contribution is 6.10. The zero-order valence-corrected chi connectivity index (χ0v) is 24.5. The molecule has 3 heterocycles. The third-order valence-corrected chi connectivity index (χ3v) is 7.16. The number of nitrogens with two attached hydrogens (primary N) is 1. The van der Waals surface area contributed by atoms with Crippen molar-refractivity contribution in [3.63, 3.8) is 0 Å². The summed E-state index contributed by atoms with van der Waals surface area (Å²) < 4.78 is 12.4. The number of hydrogen-bond donors (Lipinski definition) is 3. The summed E-state index contributed by atoms with van der Waals surface area (Å²) in [7, 11) is 0. The number of fused-ring (bicyclic) bond motifs is 1.